The number of methoxy groups -OCH3 is 1. The number of rotatable bonds is 33. The van der Waals surface area contributed by atoms with E-state index in [9.17, 15) is 9.59 Å². The molecule has 0 aliphatic rings. The van der Waals surface area contributed by atoms with Gasteiger partial charge in [-0.2, -0.15) is 5.26 Å². The van der Waals surface area contributed by atoms with Gasteiger partial charge in [0.15, 0.2) is 0 Å². The maximum Gasteiger partial charge on any atom is 0.293 e. The third-order valence-electron chi connectivity index (χ3n) is 8.33. The highest BCUT2D eigenvalue weighted by Crippen LogP contribution is 2.17. The summed E-state index contributed by atoms with van der Waals surface area (Å²) in [5.74, 6) is 0.975. The molecule has 0 aliphatic carbocycles. The fourth-order valence-corrected chi connectivity index (χ4v) is 5.22. The molecule has 0 aromatic rings. The molecule has 0 rings (SSSR count). The molecule has 0 aromatic heterocycles. The quantitative estimate of drug-likeness (QED) is 0.0498. The average molecular weight is 713 g/mol. The summed E-state index contributed by atoms with van der Waals surface area (Å²) >= 11 is 0. The van der Waals surface area contributed by atoms with Crippen molar-refractivity contribution in [1.82, 2.24) is 4.90 Å². The van der Waals surface area contributed by atoms with Crippen molar-refractivity contribution in [3.05, 3.63) is 0 Å². The zero-order valence-corrected chi connectivity index (χ0v) is 35.7. The second-order valence-electron chi connectivity index (χ2n) is 13.4. The van der Waals surface area contributed by atoms with Crippen molar-refractivity contribution in [1.29, 1.82) is 5.26 Å². The van der Waals surface area contributed by atoms with Gasteiger partial charge in [0.1, 0.15) is 6.29 Å². The third kappa shape index (κ3) is 68.5. The van der Waals surface area contributed by atoms with Crippen molar-refractivity contribution < 1.29 is 19.1 Å². The molecule has 0 aromatic carbocycles. The number of hydrogen-bond acceptors (Lipinski definition) is 6. The number of carbonyl (C=O) groups excluding carboxylic acids is 2. The van der Waals surface area contributed by atoms with Crippen LogP contribution < -0.4 is 0 Å². The molecule has 302 valence electrons. The summed E-state index contributed by atoms with van der Waals surface area (Å²) < 4.78 is 9.36. The molecule has 0 saturated carbocycles. The molecule has 0 aliphatic heterocycles. The molecule has 1 unspecified atom stereocenters. The predicted octanol–water partition coefficient (Wildman–Crippen LogP) is 13.7. The van der Waals surface area contributed by atoms with Crippen molar-refractivity contribution >= 4 is 12.8 Å². The highest BCUT2D eigenvalue weighted by Gasteiger charge is 2.04. The molecule has 6 nitrogen and oxygen atoms in total. The predicted molar refractivity (Wildman–Crippen MR) is 221 cm³/mol. The van der Waals surface area contributed by atoms with E-state index < -0.39 is 0 Å². The molecule has 0 bridgehead atoms. The Morgan fingerprint density at radius 2 is 1.02 bits per heavy atom. The van der Waals surface area contributed by atoms with E-state index in [0.29, 0.717) is 19.5 Å². The maximum absolute atomic E-state index is 9.77. The molecule has 50 heavy (non-hydrogen) atoms. The summed E-state index contributed by atoms with van der Waals surface area (Å²) in [5.41, 5.74) is 0. The Kier molecular flexibility index (Phi) is 72.5. The highest BCUT2D eigenvalue weighted by molar-refractivity contribution is 5.48. The van der Waals surface area contributed by atoms with Crippen LogP contribution in [0.15, 0.2) is 0 Å². The fraction of sp³-hybridized carbons (Fsp3) is 0.932. The maximum atomic E-state index is 9.77. The summed E-state index contributed by atoms with van der Waals surface area (Å²) in [5, 5.41) is 8.61. The molecule has 0 spiro atoms. The topological polar surface area (TPSA) is 79.6 Å². The summed E-state index contributed by atoms with van der Waals surface area (Å²) in [6, 6.07) is 2.24. The van der Waals surface area contributed by atoms with Crippen LogP contribution in [0.1, 0.15) is 222 Å². The van der Waals surface area contributed by atoms with E-state index in [0.717, 1.165) is 51.0 Å². The Morgan fingerprint density at radius 1 is 0.580 bits per heavy atom. The van der Waals surface area contributed by atoms with E-state index >= 15 is 0 Å². The van der Waals surface area contributed by atoms with Crippen LogP contribution in [0.25, 0.3) is 0 Å². The van der Waals surface area contributed by atoms with Crippen LogP contribution in [0.5, 0.6) is 0 Å². The lowest BCUT2D eigenvalue weighted by Crippen LogP contribution is -2.27. The number of aldehydes is 1. The molecule has 0 saturated heterocycles. The second kappa shape index (κ2) is 62.7. The van der Waals surface area contributed by atoms with Crippen LogP contribution in [0.3, 0.4) is 0 Å². The summed E-state index contributed by atoms with van der Waals surface area (Å²) in [4.78, 5) is 21.7. The molecular weight excluding hydrogens is 620 g/mol. The molecule has 0 N–H and O–H groups in total. The zero-order chi connectivity index (χ0) is 38.6. The van der Waals surface area contributed by atoms with Gasteiger partial charge in [-0.1, -0.05) is 171 Å². The minimum Gasteiger partial charge on any atom is -0.468 e. The lowest BCUT2D eigenvalue weighted by atomic mass is 9.96. The standard InChI is InChI=1S/C16H32N2O.C15H32.C7H14O.C4H8O2.C2H6/c1-3-4-8-13-18(15-10-7-12-17)14-9-5-6-11-16-19-2;1-4-6-8-10-12-14-15(3)13-11-9-7-5-2;1-2-3-4-5-6-7-8;1-2-3-6-4-5;1-2/h3-11,13-16H2,1-2H3;15H,4-14H2,1-3H3;7H,2-6H2,1H3;4H,2-3H2,1H3;1-2H3. The SMILES string of the molecule is CC.CCCCCCC=O.CCCCCCCC(C)CCCCCC.CCCCCN(CCCC#N)CCCCCCOC.CCCOC=O. The van der Waals surface area contributed by atoms with Gasteiger partial charge in [-0.25, -0.2) is 0 Å². The van der Waals surface area contributed by atoms with Crippen LogP contribution in [-0.2, 0) is 19.1 Å². The van der Waals surface area contributed by atoms with E-state index in [2.05, 4.69) is 50.3 Å². The van der Waals surface area contributed by atoms with Crippen LogP contribution in [0, 0.1) is 17.2 Å². The van der Waals surface area contributed by atoms with E-state index in [1.54, 1.807) is 7.11 Å². The largest absolute Gasteiger partial charge is 0.468 e. The molecule has 0 amide bonds. The smallest absolute Gasteiger partial charge is 0.293 e. The number of nitriles is 1. The van der Waals surface area contributed by atoms with Gasteiger partial charge in [0.05, 0.1) is 12.7 Å². The van der Waals surface area contributed by atoms with Crippen LogP contribution in [-0.4, -0.2) is 57.6 Å². The van der Waals surface area contributed by atoms with Gasteiger partial charge < -0.3 is 19.2 Å². The van der Waals surface area contributed by atoms with Gasteiger partial charge in [0.25, 0.3) is 6.47 Å². The third-order valence-corrected chi connectivity index (χ3v) is 8.33. The number of carbonyl (C=O) groups is 2. The average Bonchev–Trinajstić information content (AvgIpc) is 3.14. The molecular formula is C44H92N2O4. The summed E-state index contributed by atoms with van der Waals surface area (Å²) in [7, 11) is 1.77. The highest BCUT2D eigenvalue weighted by atomic mass is 16.5. The first-order valence-corrected chi connectivity index (χ1v) is 21.6. The van der Waals surface area contributed by atoms with Gasteiger partial charge in [-0.15, -0.1) is 0 Å². The Labute approximate surface area is 315 Å². The van der Waals surface area contributed by atoms with Crippen LogP contribution in [0.2, 0.25) is 0 Å². The zero-order valence-electron chi connectivity index (χ0n) is 35.7. The first-order chi connectivity index (χ1) is 24.5. The fourth-order valence-electron chi connectivity index (χ4n) is 5.22. The van der Waals surface area contributed by atoms with E-state index in [1.807, 2.05) is 20.8 Å². The minimum atomic E-state index is 0.462. The summed E-state index contributed by atoms with van der Waals surface area (Å²) in [6.07, 6.45) is 34.0. The van der Waals surface area contributed by atoms with Crippen molar-refractivity contribution in [3.63, 3.8) is 0 Å². The number of unbranched alkanes of at least 4 members (excludes halogenated alkanes) is 17. The van der Waals surface area contributed by atoms with Gasteiger partial charge >= 0.3 is 0 Å². The summed E-state index contributed by atoms with van der Waals surface area (Å²) in [6.45, 7) is 22.8. The molecule has 1 atom stereocenters. The normalized spacial score (nSPS) is 10.5. The lowest BCUT2D eigenvalue weighted by molar-refractivity contribution is -0.128. The molecule has 0 radical (unpaired) electrons. The van der Waals surface area contributed by atoms with Gasteiger partial charge in [0.2, 0.25) is 0 Å². The Balaban J connectivity index is -0.000000192. The number of nitrogens with zero attached hydrogens (tertiary/aromatic N) is 2. The van der Waals surface area contributed by atoms with Gasteiger partial charge in [-0.3, -0.25) is 4.79 Å². The monoisotopic (exact) mass is 713 g/mol. The Hall–Kier alpha value is -1.45. The molecule has 6 heteroatoms. The minimum absolute atomic E-state index is 0.462. The number of ether oxygens (including phenoxy) is 2. The second-order valence-corrected chi connectivity index (χ2v) is 13.4. The van der Waals surface area contributed by atoms with Gasteiger partial charge in [-0.05, 0) is 64.1 Å². The van der Waals surface area contributed by atoms with Crippen LogP contribution in [0.4, 0.5) is 0 Å². The van der Waals surface area contributed by atoms with Crippen molar-refractivity contribution in [2.45, 2.75) is 222 Å². The van der Waals surface area contributed by atoms with Crippen molar-refractivity contribution in [3.8, 4) is 6.07 Å². The Bertz CT molecular complexity index is 597. The number of hydrogen-bond donors (Lipinski definition) is 0. The molecule has 0 fully saturated rings. The van der Waals surface area contributed by atoms with Crippen molar-refractivity contribution in [2.75, 3.05) is 40.0 Å². The van der Waals surface area contributed by atoms with E-state index in [1.165, 1.54) is 148 Å². The lowest BCUT2D eigenvalue weighted by Gasteiger charge is -2.21. The van der Waals surface area contributed by atoms with Crippen LogP contribution >= 0.6 is 0 Å². The first kappa shape index (κ1) is 57.9. The van der Waals surface area contributed by atoms with Crippen molar-refractivity contribution in [2.24, 2.45) is 5.92 Å². The molecule has 0 heterocycles. The van der Waals surface area contributed by atoms with E-state index in [-0.39, 0.29) is 0 Å². The van der Waals surface area contributed by atoms with E-state index in [4.69, 9.17) is 10.00 Å². The van der Waals surface area contributed by atoms with Gasteiger partial charge in [0, 0.05) is 26.6 Å². The Morgan fingerprint density at radius 3 is 1.48 bits per heavy atom. The first-order valence-electron chi connectivity index (χ1n) is 21.6.